The summed E-state index contributed by atoms with van der Waals surface area (Å²) in [6, 6.07) is 2.19. The molecule has 0 aromatic heterocycles. The maximum absolute atomic E-state index is 13.5. The van der Waals surface area contributed by atoms with Crippen molar-refractivity contribution in [3.05, 3.63) is 28.2 Å². The number of aliphatic hydroxyl groups excluding tert-OH is 1. The number of hydrogen-bond acceptors (Lipinski definition) is 2. The summed E-state index contributed by atoms with van der Waals surface area (Å²) >= 11 is 2.92. The second kappa shape index (κ2) is 5.78. The van der Waals surface area contributed by atoms with Crippen LogP contribution < -0.4 is 5.32 Å². The van der Waals surface area contributed by atoms with E-state index < -0.39 is 11.6 Å². The van der Waals surface area contributed by atoms with Crippen molar-refractivity contribution in [2.45, 2.75) is 20.3 Å². The van der Waals surface area contributed by atoms with Crippen LogP contribution in [0.4, 0.5) is 14.5 Å². The third-order valence-corrected chi connectivity index (χ3v) is 3.56. The van der Waals surface area contributed by atoms with E-state index in [1.807, 2.05) is 13.8 Å². The van der Waals surface area contributed by atoms with Gasteiger partial charge in [-0.1, -0.05) is 13.8 Å². The molecule has 1 atom stereocenters. The normalized spacial score (nSPS) is 14.5. The predicted octanol–water partition coefficient (Wildman–Crippen LogP) is 3.55. The molecule has 1 rings (SSSR count). The van der Waals surface area contributed by atoms with E-state index in [4.69, 9.17) is 0 Å². The number of aliphatic hydroxyl groups is 1. The first-order valence-corrected chi connectivity index (χ1v) is 6.20. The van der Waals surface area contributed by atoms with E-state index >= 15 is 0 Å². The van der Waals surface area contributed by atoms with Gasteiger partial charge in [-0.25, -0.2) is 8.78 Å². The molecular weight excluding hydrogens is 292 g/mol. The molecule has 0 heterocycles. The summed E-state index contributed by atoms with van der Waals surface area (Å²) in [6.07, 6.45) is 0.747. The summed E-state index contributed by atoms with van der Waals surface area (Å²) in [6.45, 7) is 4.21. The zero-order valence-corrected chi connectivity index (χ0v) is 11.4. The van der Waals surface area contributed by atoms with Crippen molar-refractivity contribution in [1.82, 2.24) is 0 Å². The molecule has 1 aromatic carbocycles. The van der Waals surface area contributed by atoms with Gasteiger partial charge < -0.3 is 10.4 Å². The lowest BCUT2D eigenvalue weighted by molar-refractivity contribution is 0.149. The SMILES string of the molecule is CCC(C)(CO)CNc1cc(F)c(Br)cc1F. The van der Waals surface area contributed by atoms with Crippen molar-refractivity contribution in [1.29, 1.82) is 0 Å². The van der Waals surface area contributed by atoms with Gasteiger partial charge in [-0.2, -0.15) is 0 Å². The van der Waals surface area contributed by atoms with Crippen LogP contribution >= 0.6 is 15.9 Å². The van der Waals surface area contributed by atoms with Gasteiger partial charge in [-0.05, 0) is 28.4 Å². The maximum Gasteiger partial charge on any atom is 0.147 e. The number of nitrogens with one attached hydrogen (secondary N) is 1. The average Bonchev–Trinajstić information content (AvgIpc) is 2.32. The molecule has 1 aromatic rings. The smallest absolute Gasteiger partial charge is 0.147 e. The van der Waals surface area contributed by atoms with Crippen LogP contribution in [0.5, 0.6) is 0 Å². The van der Waals surface area contributed by atoms with E-state index in [0.29, 0.717) is 6.54 Å². The number of hydrogen-bond donors (Lipinski definition) is 2. The lowest BCUT2D eigenvalue weighted by Gasteiger charge is -2.26. The molecule has 0 aliphatic heterocycles. The molecule has 96 valence electrons. The van der Waals surface area contributed by atoms with Crippen LogP contribution in [0.15, 0.2) is 16.6 Å². The van der Waals surface area contributed by atoms with Crippen molar-refractivity contribution in [2.75, 3.05) is 18.5 Å². The van der Waals surface area contributed by atoms with E-state index in [1.54, 1.807) is 0 Å². The van der Waals surface area contributed by atoms with Gasteiger partial charge in [-0.15, -0.1) is 0 Å². The largest absolute Gasteiger partial charge is 0.396 e. The highest BCUT2D eigenvalue weighted by Crippen LogP contribution is 2.26. The monoisotopic (exact) mass is 307 g/mol. The van der Waals surface area contributed by atoms with Gasteiger partial charge >= 0.3 is 0 Å². The molecule has 5 heteroatoms. The lowest BCUT2D eigenvalue weighted by Crippen LogP contribution is -2.29. The van der Waals surface area contributed by atoms with Crippen LogP contribution in [-0.4, -0.2) is 18.3 Å². The molecule has 2 N–H and O–H groups in total. The van der Waals surface area contributed by atoms with Crippen LogP contribution in [0.3, 0.4) is 0 Å². The summed E-state index contributed by atoms with van der Waals surface area (Å²) in [7, 11) is 0. The molecule has 0 fully saturated rings. The Kier molecular flexibility index (Phi) is 4.89. The summed E-state index contributed by atoms with van der Waals surface area (Å²) in [5.74, 6) is -1.04. The van der Waals surface area contributed by atoms with Crippen molar-refractivity contribution < 1.29 is 13.9 Å². The number of halogens is 3. The van der Waals surface area contributed by atoms with Gasteiger partial charge in [0.2, 0.25) is 0 Å². The van der Waals surface area contributed by atoms with Crippen molar-refractivity contribution in [3.63, 3.8) is 0 Å². The fourth-order valence-corrected chi connectivity index (χ4v) is 1.57. The minimum atomic E-state index is -0.519. The third kappa shape index (κ3) is 3.64. The molecule has 0 bridgehead atoms. The Balaban J connectivity index is 2.79. The Morgan fingerprint density at radius 2 is 2.00 bits per heavy atom. The van der Waals surface area contributed by atoms with Crippen LogP contribution in [0.2, 0.25) is 0 Å². The highest BCUT2D eigenvalue weighted by molar-refractivity contribution is 9.10. The topological polar surface area (TPSA) is 32.3 Å². The summed E-state index contributed by atoms with van der Waals surface area (Å²) in [4.78, 5) is 0. The second-order valence-electron chi connectivity index (χ2n) is 4.42. The fraction of sp³-hybridized carbons (Fsp3) is 0.500. The van der Waals surface area contributed by atoms with E-state index in [9.17, 15) is 13.9 Å². The third-order valence-electron chi connectivity index (χ3n) is 2.95. The summed E-state index contributed by atoms with van der Waals surface area (Å²) in [5.41, 5.74) is -0.227. The Labute approximate surface area is 108 Å². The Bertz CT molecular complexity index is 394. The maximum atomic E-state index is 13.5. The van der Waals surface area contributed by atoms with E-state index in [-0.39, 0.29) is 22.2 Å². The molecule has 0 amide bonds. The standard InChI is InChI=1S/C12H16BrF2NO/c1-3-12(2,7-17)6-16-11-5-9(14)8(13)4-10(11)15/h4-5,16-17H,3,6-7H2,1-2H3. The van der Waals surface area contributed by atoms with Crippen molar-refractivity contribution >= 4 is 21.6 Å². The summed E-state index contributed by atoms with van der Waals surface area (Å²) in [5, 5.41) is 12.0. The zero-order chi connectivity index (χ0) is 13.1. The van der Waals surface area contributed by atoms with E-state index in [0.717, 1.165) is 18.6 Å². The molecule has 0 aliphatic rings. The minimum absolute atomic E-state index is 0.00285. The predicted molar refractivity (Wildman–Crippen MR) is 68.0 cm³/mol. The van der Waals surface area contributed by atoms with Crippen LogP contribution in [0.25, 0.3) is 0 Å². The highest BCUT2D eigenvalue weighted by Gasteiger charge is 2.21. The number of rotatable bonds is 5. The molecule has 0 aliphatic carbocycles. The fourth-order valence-electron chi connectivity index (χ4n) is 1.26. The first kappa shape index (κ1) is 14.4. The highest BCUT2D eigenvalue weighted by atomic mass is 79.9. The van der Waals surface area contributed by atoms with Crippen molar-refractivity contribution in [3.8, 4) is 0 Å². The van der Waals surface area contributed by atoms with Crippen LogP contribution in [-0.2, 0) is 0 Å². The van der Waals surface area contributed by atoms with E-state index in [1.165, 1.54) is 0 Å². The lowest BCUT2D eigenvalue weighted by atomic mass is 9.88. The minimum Gasteiger partial charge on any atom is -0.396 e. The van der Waals surface area contributed by atoms with Gasteiger partial charge in [0.1, 0.15) is 11.6 Å². The van der Waals surface area contributed by atoms with Gasteiger partial charge in [-0.3, -0.25) is 0 Å². The zero-order valence-electron chi connectivity index (χ0n) is 9.86. The van der Waals surface area contributed by atoms with Gasteiger partial charge in [0.15, 0.2) is 0 Å². The Hall–Kier alpha value is -0.680. The summed E-state index contributed by atoms with van der Waals surface area (Å²) < 4.78 is 26.8. The Morgan fingerprint density at radius 1 is 1.35 bits per heavy atom. The molecule has 0 spiro atoms. The average molecular weight is 308 g/mol. The van der Waals surface area contributed by atoms with Crippen LogP contribution in [0.1, 0.15) is 20.3 Å². The molecule has 1 unspecified atom stereocenters. The molecule has 2 nitrogen and oxygen atoms in total. The molecule has 0 radical (unpaired) electrons. The second-order valence-corrected chi connectivity index (χ2v) is 5.28. The molecule has 0 saturated carbocycles. The van der Waals surface area contributed by atoms with Crippen LogP contribution in [0, 0.1) is 17.0 Å². The van der Waals surface area contributed by atoms with E-state index in [2.05, 4.69) is 21.2 Å². The van der Waals surface area contributed by atoms with Gasteiger partial charge in [0.05, 0.1) is 16.8 Å². The first-order chi connectivity index (χ1) is 7.91. The molecular formula is C12H16BrF2NO. The van der Waals surface area contributed by atoms with Gasteiger partial charge in [0, 0.05) is 18.0 Å². The Morgan fingerprint density at radius 3 is 2.53 bits per heavy atom. The quantitative estimate of drug-likeness (QED) is 0.815. The molecule has 17 heavy (non-hydrogen) atoms. The number of benzene rings is 1. The number of anilines is 1. The molecule has 0 saturated heterocycles. The van der Waals surface area contributed by atoms with Gasteiger partial charge in [0.25, 0.3) is 0 Å². The first-order valence-electron chi connectivity index (χ1n) is 5.41. The van der Waals surface area contributed by atoms with Crippen molar-refractivity contribution in [2.24, 2.45) is 5.41 Å².